The van der Waals surface area contributed by atoms with Crippen molar-refractivity contribution in [3.05, 3.63) is 47.0 Å². The van der Waals surface area contributed by atoms with Crippen LogP contribution in [0.4, 0.5) is 5.69 Å². The lowest BCUT2D eigenvalue weighted by atomic mass is 10.2. The summed E-state index contributed by atoms with van der Waals surface area (Å²) in [6.45, 7) is 1.83. The first kappa shape index (κ1) is 21.5. The van der Waals surface area contributed by atoms with E-state index < -0.39 is 18.5 Å². The number of halogens is 1. The lowest BCUT2D eigenvalue weighted by molar-refractivity contribution is -0.142. The summed E-state index contributed by atoms with van der Waals surface area (Å²) in [4.78, 5) is 24.0. The zero-order valence-electron chi connectivity index (χ0n) is 16.2. The van der Waals surface area contributed by atoms with Crippen LogP contribution in [0.1, 0.15) is 12.5 Å². The van der Waals surface area contributed by atoms with E-state index in [1.807, 2.05) is 6.92 Å². The predicted octanol–water partition coefficient (Wildman–Crippen LogP) is 3.95. The van der Waals surface area contributed by atoms with Crippen molar-refractivity contribution >= 4 is 58.0 Å². The highest BCUT2D eigenvalue weighted by atomic mass is 35.5. The Balaban J connectivity index is 1.58. The second kappa shape index (κ2) is 10.0. The van der Waals surface area contributed by atoms with Crippen LogP contribution in [-0.4, -0.2) is 40.9 Å². The molecule has 156 valence electrons. The van der Waals surface area contributed by atoms with E-state index >= 15 is 0 Å². The van der Waals surface area contributed by atoms with Crippen LogP contribution in [0.5, 0.6) is 11.5 Å². The van der Waals surface area contributed by atoms with Crippen molar-refractivity contribution < 1.29 is 23.8 Å². The van der Waals surface area contributed by atoms with Crippen molar-refractivity contribution in [2.45, 2.75) is 6.92 Å². The Bertz CT molecular complexity index is 1100. The highest BCUT2D eigenvalue weighted by Gasteiger charge is 2.12. The Hall–Kier alpha value is -3.17. The monoisotopic (exact) mass is 447 g/mol. The molecule has 2 aromatic carbocycles. The maximum atomic E-state index is 12.1. The van der Waals surface area contributed by atoms with Crippen LogP contribution in [0.15, 0.2) is 36.4 Å². The molecule has 0 radical (unpaired) electrons. The van der Waals surface area contributed by atoms with E-state index in [2.05, 4.69) is 14.1 Å². The normalized spacial score (nSPS) is 10.9. The summed E-state index contributed by atoms with van der Waals surface area (Å²) in [6.07, 6.45) is 2.71. The third-order valence-corrected chi connectivity index (χ3v) is 4.68. The van der Waals surface area contributed by atoms with Gasteiger partial charge in [-0.2, -0.15) is 8.75 Å². The van der Waals surface area contributed by atoms with Crippen molar-refractivity contribution in [3.8, 4) is 11.5 Å². The van der Waals surface area contributed by atoms with E-state index in [0.29, 0.717) is 45.4 Å². The van der Waals surface area contributed by atoms with Crippen molar-refractivity contribution in [3.63, 3.8) is 0 Å². The van der Waals surface area contributed by atoms with Crippen molar-refractivity contribution in [2.24, 2.45) is 0 Å². The molecule has 0 aliphatic heterocycles. The number of esters is 1. The fraction of sp³-hybridized carbons (Fsp3) is 0.200. The number of anilines is 1. The lowest BCUT2D eigenvalue weighted by Gasteiger charge is -2.11. The molecule has 8 nitrogen and oxygen atoms in total. The lowest BCUT2D eigenvalue weighted by Crippen LogP contribution is -2.20. The summed E-state index contributed by atoms with van der Waals surface area (Å²) in [5.41, 5.74) is 2.40. The van der Waals surface area contributed by atoms with Gasteiger partial charge in [0.1, 0.15) is 11.0 Å². The van der Waals surface area contributed by atoms with Gasteiger partial charge in [-0.3, -0.25) is 4.79 Å². The van der Waals surface area contributed by atoms with E-state index in [4.69, 9.17) is 25.8 Å². The van der Waals surface area contributed by atoms with Crippen molar-refractivity contribution in [1.82, 2.24) is 8.75 Å². The third kappa shape index (κ3) is 5.25. The van der Waals surface area contributed by atoms with E-state index in [9.17, 15) is 9.59 Å². The summed E-state index contributed by atoms with van der Waals surface area (Å²) in [7, 11) is 1.49. The zero-order chi connectivity index (χ0) is 21.5. The van der Waals surface area contributed by atoms with Gasteiger partial charge in [0.2, 0.25) is 0 Å². The number of rotatable bonds is 8. The third-order valence-electron chi connectivity index (χ3n) is 3.85. The van der Waals surface area contributed by atoms with Gasteiger partial charge in [0.15, 0.2) is 18.1 Å². The molecule has 0 aliphatic rings. The molecular weight excluding hydrogens is 430 g/mol. The fourth-order valence-corrected chi connectivity index (χ4v) is 3.43. The Labute approximate surface area is 181 Å². The van der Waals surface area contributed by atoms with Gasteiger partial charge in [0.05, 0.1) is 36.2 Å². The molecule has 1 N–H and O–H groups in total. The number of amides is 1. The van der Waals surface area contributed by atoms with Crippen LogP contribution in [0, 0.1) is 0 Å². The van der Waals surface area contributed by atoms with Crippen LogP contribution in [0.2, 0.25) is 5.02 Å². The second-order valence-corrected chi connectivity index (χ2v) is 6.83. The molecule has 0 atom stereocenters. The molecule has 1 aromatic heterocycles. The van der Waals surface area contributed by atoms with Crippen LogP contribution in [-0.2, 0) is 14.3 Å². The first-order valence-corrected chi connectivity index (χ1v) is 9.99. The molecule has 0 bridgehead atoms. The highest BCUT2D eigenvalue weighted by Crippen LogP contribution is 2.36. The number of aromatic nitrogens is 2. The average molecular weight is 448 g/mol. The number of methoxy groups -OCH3 is 1. The minimum Gasteiger partial charge on any atom is -0.491 e. The van der Waals surface area contributed by atoms with Gasteiger partial charge >= 0.3 is 5.97 Å². The smallest absolute Gasteiger partial charge is 0.331 e. The number of carbonyl (C=O) groups is 2. The fourth-order valence-electron chi connectivity index (χ4n) is 2.59. The molecule has 0 unspecified atom stereocenters. The van der Waals surface area contributed by atoms with Gasteiger partial charge < -0.3 is 19.5 Å². The molecule has 0 aliphatic carbocycles. The Morgan fingerprint density at radius 2 is 2.10 bits per heavy atom. The molecule has 0 saturated carbocycles. The Morgan fingerprint density at radius 1 is 1.27 bits per heavy atom. The van der Waals surface area contributed by atoms with E-state index in [-0.39, 0.29) is 0 Å². The molecule has 0 spiro atoms. The summed E-state index contributed by atoms with van der Waals surface area (Å²) in [5, 5.41) is 3.01. The molecular formula is C20H18ClN3O5S. The number of carbonyl (C=O) groups excluding carboxylic acids is 2. The molecule has 1 heterocycles. The molecule has 3 rings (SSSR count). The number of fused-ring (bicyclic) bond motifs is 1. The standard InChI is InChI=1S/C20H18ClN3O5S/c1-3-28-16-10-12(9-13(21)20(16)27-2)7-8-18(26)29-11-17(25)22-14-5-4-6-15-19(14)24-30-23-15/h4-10H,3,11H2,1-2H3,(H,22,25)/b8-7+. The number of hydrogen-bond donors (Lipinski definition) is 1. The SMILES string of the molecule is CCOc1cc(/C=C/C(=O)OCC(=O)Nc2cccc3nsnc23)cc(Cl)c1OC. The van der Waals surface area contributed by atoms with E-state index in [1.165, 1.54) is 19.3 Å². The molecule has 30 heavy (non-hydrogen) atoms. The van der Waals surface area contributed by atoms with E-state index in [1.54, 1.807) is 30.3 Å². The summed E-state index contributed by atoms with van der Waals surface area (Å²) >= 11 is 7.23. The van der Waals surface area contributed by atoms with Crippen LogP contribution < -0.4 is 14.8 Å². The Morgan fingerprint density at radius 3 is 2.87 bits per heavy atom. The summed E-state index contributed by atoms with van der Waals surface area (Å²) in [5.74, 6) is -0.280. The van der Waals surface area contributed by atoms with Gasteiger partial charge in [0.25, 0.3) is 5.91 Å². The highest BCUT2D eigenvalue weighted by molar-refractivity contribution is 7.00. The zero-order valence-corrected chi connectivity index (χ0v) is 17.7. The summed E-state index contributed by atoms with van der Waals surface area (Å²) in [6, 6.07) is 8.56. The largest absolute Gasteiger partial charge is 0.491 e. The second-order valence-electron chi connectivity index (χ2n) is 5.89. The predicted molar refractivity (Wildman–Crippen MR) is 115 cm³/mol. The first-order chi connectivity index (χ1) is 14.5. The van der Waals surface area contributed by atoms with Gasteiger partial charge in [-0.1, -0.05) is 17.7 Å². The van der Waals surface area contributed by atoms with Crippen molar-refractivity contribution in [1.29, 1.82) is 0 Å². The van der Waals surface area contributed by atoms with Crippen LogP contribution >= 0.6 is 23.3 Å². The van der Waals surface area contributed by atoms with E-state index in [0.717, 1.165) is 11.7 Å². The quantitative estimate of drug-likeness (QED) is 0.412. The number of nitrogens with zero attached hydrogens (tertiary/aromatic N) is 2. The Kier molecular flexibility index (Phi) is 7.21. The molecule has 0 fully saturated rings. The maximum Gasteiger partial charge on any atom is 0.331 e. The number of nitrogens with one attached hydrogen (secondary N) is 1. The van der Waals surface area contributed by atoms with Crippen molar-refractivity contribution in [2.75, 3.05) is 25.6 Å². The van der Waals surface area contributed by atoms with Crippen LogP contribution in [0.25, 0.3) is 17.1 Å². The molecule has 10 heteroatoms. The minimum absolute atomic E-state index is 0.349. The average Bonchev–Trinajstić information content (AvgIpc) is 3.21. The minimum atomic E-state index is -0.677. The molecule has 3 aromatic rings. The molecule has 0 saturated heterocycles. The van der Waals surface area contributed by atoms with Gasteiger partial charge in [-0.05, 0) is 42.8 Å². The molecule has 1 amide bonds. The first-order valence-electron chi connectivity index (χ1n) is 8.88. The van der Waals surface area contributed by atoms with Gasteiger partial charge in [-0.25, -0.2) is 4.79 Å². The summed E-state index contributed by atoms with van der Waals surface area (Å²) < 4.78 is 23.9. The number of benzene rings is 2. The van der Waals surface area contributed by atoms with Gasteiger partial charge in [-0.15, -0.1) is 0 Å². The maximum absolute atomic E-state index is 12.1. The number of ether oxygens (including phenoxy) is 3. The number of hydrogen-bond acceptors (Lipinski definition) is 8. The topological polar surface area (TPSA) is 99.6 Å². The van der Waals surface area contributed by atoms with Crippen LogP contribution in [0.3, 0.4) is 0 Å². The van der Waals surface area contributed by atoms with Gasteiger partial charge in [0, 0.05) is 6.08 Å².